The first kappa shape index (κ1) is 10.1. The molecule has 0 spiro atoms. The van der Waals surface area contributed by atoms with Gasteiger partial charge in [-0.05, 0) is 47.7 Å². The van der Waals surface area contributed by atoms with Crippen molar-refractivity contribution in [2.45, 2.75) is 31.9 Å². The molecule has 2 aromatic rings. The lowest BCUT2D eigenvalue weighted by atomic mass is 9.95. The molecule has 2 nitrogen and oxygen atoms in total. The summed E-state index contributed by atoms with van der Waals surface area (Å²) < 4.78 is 2.28. The zero-order valence-electron chi connectivity index (χ0n) is 9.10. The average molecular weight is 233 g/mol. The maximum absolute atomic E-state index is 9.89. The van der Waals surface area contributed by atoms with E-state index in [9.17, 15) is 5.11 Å². The van der Waals surface area contributed by atoms with Crippen molar-refractivity contribution in [1.29, 1.82) is 0 Å². The van der Waals surface area contributed by atoms with E-state index < -0.39 is 0 Å². The molecule has 1 aliphatic carbocycles. The fraction of sp³-hybridized carbons (Fsp3) is 0.385. The van der Waals surface area contributed by atoms with Gasteiger partial charge in [-0.1, -0.05) is 0 Å². The van der Waals surface area contributed by atoms with Crippen LogP contribution in [0.3, 0.4) is 0 Å². The number of hydrogen-bond acceptors (Lipinski definition) is 2. The second kappa shape index (κ2) is 4.07. The smallest absolute Gasteiger partial charge is 0.0807 e. The van der Waals surface area contributed by atoms with E-state index in [0.717, 1.165) is 31.4 Å². The average Bonchev–Trinajstić information content (AvgIpc) is 2.90. The quantitative estimate of drug-likeness (QED) is 0.847. The SMILES string of the molecule is OC1CCCc2c1ccn2Cc1ccsc1. The van der Waals surface area contributed by atoms with Gasteiger partial charge in [-0.15, -0.1) is 0 Å². The van der Waals surface area contributed by atoms with E-state index in [4.69, 9.17) is 0 Å². The zero-order valence-corrected chi connectivity index (χ0v) is 9.91. The first-order chi connectivity index (χ1) is 7.84. The Morgan fingerprint density at radius 1 is 1.44 bits per heavy atom. The normalized spacial score (nSPS) is 19.7. The van der Waals surface area contributed by atoms with Crippen molar-refractivity contribution in [3.8, 4) is 0 Å². The van der Waals surface area contributed by atoms with E-state index in [1.165, 1.54) is 11.3 Å². The molecule has 1 atom stereocenters. The number of aliphatic hydroxyl groups is 1. The van der Waals surface area contributed by atoms with Crippen LogP contribution >= 0.6 is 11.3 Å². The van der Waals surface area contributed by atoms with Crippen LogP contribution in [0.25, 0.3) is 0 Å². The minimum atomic E-state index is -0.243. The maximum Gasteiger partial charge on any atom is 0.0807 e. The molecule has 3 rings (SSSR count). The van der Waals surface area contributed by atoms with Crippen LogP contribution in [0.4, 0.5) is 0 Å². The number of nitrogens with zero attached hydrogens (tertiary/aromatic N) is 1. The molecule has 1 aliphatic rings. The summed E-state index contributed by atoms with van der Waals surface area (Å²) in [5, 5.41) is 14.2. The van der Waals surface area contributed by atoms with Crippen molar-refractivity contribution < 1.29 is 5.11 Å². The first-order valence-corrected chi connectivity index (χ1v) is 6.66. The third kappa shape index (κ3) is 1.70. The molecule has 0 bridgehead atoms. The predicted octanol–water partition coefficient (Wildman–Crippen LogP) is 2.97. The summed E-state index contributed by atoms with van der Waals surface area (Å²) in [6.07, 6.45) is 4.98. The highest BCUT2D eigenvalue weighted by Crippen LogP contribution is 2.30. The Hall–Kier alpha value is -1.06. The van der Waals surface area contributed by atoms with Crippen LogP contribution in [0.2, 0.25) is 0 Å². The van der Waals surface area contributed by atoms with Crippen LogP contribution < -0.4 is 0 Å². The van der Waals surface area contributed by atoms with Gasteiger partial charge in [-0.2, -0.15) is 11.3 Å². The molecular weight excluding hydrogens is 218 g/mol. The van der Waals surface area contributed by atoms with Crippen molar-refractivity contribution in [3.63, 3.8) is 0 Å². The molecular formula is C13H15NOS. The van der Waals surface area contributed by atoms with Crippen LogP contribution in [0.5, 0.6) is 0 Å². The summed E-state index contributed by atoms with van der Waals surface area (Å²) >= 11 is 1.74. The van der Waals surface area contributed by atoms with E-state index in [1.807, 2.05) is 0 Å². The Kier molecular flexibility index (Phi) is 2.58. The Morgan fingerprint density at radius 3 is 3.19 bits per heavy atom. The van der Waals surface area contributed by atoms with E-state index in [2.05, 4.69) is 33.7 Å². The standard InChI is InChI=1S/C13H15NOS/c15-13-3-1-2-12-11(13)4-6-14(12)8-10-5-7-16-9-10/h4-7,9,13,15H,1-3,8H2. The van der Waals surface area contributed by atoms with Gasteiger partial charge in [0, 0.05) is 24.0 Å². The molecule has 2 aromatic heterocycles. The van der Waals surface area contributed by atoms with Crippen LogP contribution in [0, 0.1) is 0 Å². The second-order valence-corrected chi connectivity index (χ2v) is 5.17. The number of aromatic nitrogens is 1. The van der Waals surface area contributed by atoms with Crippen LogP contribution in [-0.4, -0.2) is 9.67 Å². The van der Waals surface area contributed by atoms with Gasteiger partial charge in [-0.3, -0.25) is 0 Å². The van der Waals surface area contributed by atoms with E-state index in [0.29, 0.717) is 0 Å². The predicted molar refractivity (Wildman–Crippen MR) is 65.8 cm³/mol. The molecule has 2 heterocycles. The third-order valence-corrected chi connectivity index (χ3v) is 4.03. The molecule has 0 saturated carbocycles. The second-order valence-electron chi connectivity index (χ2n) is 4.39. The molecule has 0 radical (unpaired) electrons. The Morgan fingerprint density at radius 2 is 2.38 bits per heavy atom. The number of rotatable bonds is 2. The molecule has 3 heteroatoms. The summed E-state index contributed by atoms with van der Waals surface area (Å²) in [4.78, 5) is 0. The molecule has 0 saturated heterocycles. The lowest BCUT2D eigenvalue weighted by Gasteiger charge is -2.20. The van der Waals surface area contributed by atoms with Gasteiger partial charge in [-0.25, -0.2) is 0 Å². The summed E-state index contributed by atoms with van der Waals surface area (Å²) in [5.41, 5.74) is 3.81. The lowest BCUT2D eigenvalue weighted by molar-refractivity contribution is 0.156. The topological polar surface area (TPSA) is 25.2 Å². The Balaban J connectivity index is 1.91. The molecule has 84 valence electrons. The molecule has 0 amide bonds. The summed E-state index contributed by atoms with van der Waals surface area (Å²) in [6, 6.07) is 4.24. The largest absolute Gasteiger partial charge is 0.388 e. The molecule has 0 aliphatic heterocycles. The lowest BCUT2D eigenvalue weighted by Crippen LogP contribution is -2.12. The van der Waals surface area contributed by atoms with Crippen LogP contribution in [-0.2, 0) is 13.0 Å². The van der Waals surface area contributed by atoms with Crippen molar-refractivity contribution in [2.24, 2.45) is 0 Å². The van der Waals surface area contributed by atoms with Crippen molar-refractivity contribution in [3.05, 3.63) is 45.9 Å². The fourth-order valence-electron chi connectivity index (χ4n) is 2.46. The minimum absolute atomic E-state index is 0.243. The van der Waals surface area contributed by atoms with Gasteiger partial charge in [0.1, 0.15) is 0 Å². The van der Waals surface area contributed by atoms with Crippen LogP contribution in [0.15, 0.2) is 29.1 Å². The van der Waals surface area contributed by atoms with Gasteiger partial charge < -0.3 is 9.67 Å². The molecule has 0 fully saturated rings. The van der Waals surface area contributed by atoms with Gasteiger partial charge in [0.25, 0.3) is 0 Å². The number of thiophene rings is 1. The van der Waals surface area contributed by atoms with Gasteiger partial charge in [0.15, 0.2) is 0 Å². The van der Waals surface area contributed by atoms with E-state index in [-0.39, 0.29) is 6.10 Å². The highest BCUT2D eigenvalue weighted by Gasteiger charge is 2.20. The Labute approximate surface area is 99.2 Å². The van der Waals surface area contributed by atoms with Crippen molar-refractivity contribution in [1.82, 2.24) is 4.57 Å². The maximum atomic E-state index is 9.89. The van der Waals surface area contributed by atoms with Gasteiger partial charge in [0.05, 0.1) is 6.10 Å². The number of hydrogen-bond donors (Lipinski definition) is 1. The number of fused-ring (bicyclic) bond motifs is 1. The van der Waals surface area contributed by atoms with Crippen LogP contribution in [0.1, 0.15) is 35.8 Å². The van der Waals surface area contributed by atoms with Crippen molar-refractivity contribution in [2.75, 3.05) is 0 Å². The summed E-state index contributed by atoms with van der Waals surface area (Å²) in [5.74, 6) is 0. The highest BCUT2D eigenvalue weighted by molar-refractivity contribution is 7.07. The first-order valence-electron chi connectivity index (χ1n) is 5.71. The molecule has 1 N–H and O–H groups in total. The summed E-state index contributed by atoms with van der Waals surface area (Å²) in [6.45, 7) is 0.936. The fourth-order valence-corrected chi connectivity index (χ4v) is 3.12. The van der Waals surface area contributed by atoms with Gasteiger partial charge >= 0.3 is 0 Å². The van der Waals surface area contributed by atoms with Crippen molar-refractivity contribution >= 4 is 11.3 Å². The monoisotopic (exact) mass is 233 g/mol. The minimum Gasteiger partial charge on any atom is -0.388 e. The van der Waals surface area contributed by atoms with E-state index >= 15 is 0 Å². The molecule has 1 unspecified atom stereocenters. The third-order valence-electron chi connectivity index (χ3n) is 3.30. The zero-order chi connectivity index (χ0) is 11.0. The number of aliphatic hydroxyl groups excluding tert-OH is 1. The van der Waals surface area contributed by atoms with E-state index in [1.54, 1.807) is 11.3 Å². The Bertz CT molecular complexity index is 472. The molecule has 16 heavy (non-hydrogen) atoms. The molecule has 0 aromatic carbocycles. The van der Waals surface area contributed by atoms with Gasteiger partial charge in [0.2, 0.25) is 0 Å². The highest BCUT2D eigenvalue weighted by atomic mass is 32.1. The summed E-state index contributed by atoms with van der Waals surface area (Å²) in [7, 11) is 0.